The van der Waals surface area contributed by atoms with Crippen molar-refractivity contribution in [3.63, 3.8) is 0 Å². The molecule has 0 aromatic heterocycles. The van der Waals surface area contributed by atoms with Gasteiger partial charge in [0.05, 0.1) is 25.4 Å². The van der Waals surface area contributed by atoms with E-state index in [9.17, 15) is 5.11 Å². The number of hydrogen-bond acceptors (Lipinski definition) is 4. The maximum atomic E-state index is 9.51. The van der Waals surface area contributed by atoms with E-state index in [-0.39, 0.29) is 6.10 Å². The molecule has 2 saturated heterocycles. The van der Waals surface area contributed by atoms with E-state index in [1.807, 2.05) is 0 Å². The van der Waals surface area contributed by atoms with Crippen LogP contribution < -0.4 is 0 Å². The molecule has 0 spiro atoms. The molecule has 2 aliphatic rings. The molecule has 0 aromatic rings. The molecule has 94 valence electrons. The molecule has 2 rings (SSSR count). The lowest BCUT2D eigenvalue weighted by molar-refractivity contribution is 0.00118. The third-order valence-corrected chi connectivity index (χ3v) is 3.36. The van der Waals surface area contributed by atoms with Crippen molar-refractivity contribution in [2.24, 2.45) is 0 Å². The Hall–Kier alpha value is -0.160. The van der Waals surface area contributed by atoms with Gasteiger partial charge in [0.25, 0.3) is 0 Å². The number of ether oxygens (including phenoxy) is 2. The highest BCUT2D eigenvalue weighted by molar-refractivity contribution is 4.71. The second kappa shape index (κ2) is 6.55. The van der Waals surface area contributed by atoms with Crippen molar-refractivity contribution in [2.75, 3.05) is 39.5 Å². The summed E-state index contributed by atoms with van der Waals surface area (Å²) in [5.41, 5.74) is 0. The SMILES string of the molecule is OC1CCCN(CCOCC2CCCO2)C1. The maximum absolute atomic E-state index is 9.51. The summed E-state index contributed by atoms with van der Waals surface area (Å²) in [7, 11) is 0. The minimum atomic E-state index is -0.132. The summed E-state index contributed by atoms with van der Waals surface area (Å²) in [6.45, 7) is 5.22. The summed E-state index contributed by atoms with van der Waals surface area (Å²) >= 11 is 0. The fourth-order valence-electron chi connectivity index (χ4n) is 2.42. The van der Waals surface area contributed by atoms with Gasteiger partial charge in [-0.3, -0.25) is 4.90 Å². The summed E-state index contributed by atoms with van der Waals surface area (Å²) < 4.78 is 11.1. The molecule has 2 unspecified atom stereocenters. The molecule has 2 aliphatic heterocycles. The molecule has 0 bridgehead atoms. The predicted molar refractivity (Wildman–Crippen MR) is 61.5 cm³/mol. The molecule has 2 heterocycles. The highest BCUT2D eigenvalue weighted by Crippen LogP contribution is 2.12. The molecule has 4 nitrogen and oxygen atoms in total. The molecule has 0 aromatic carbocycles. The van der Waals surface area contributed by atoms with E-state index in [1.54, 1.807) is 0 Å². The number of aliphatic hydroxyl groups excluding tert-OH is 1. The monoisotopic (exact) mass is 229 g/mol. The van der Waals surface area contributed by atoms with Gasteiger partial charge in [-0.1, -0.05) is 0 Å². The van der Waals surface area contributed by atoms with Crippen LogP contribution in [0.3, 0.4) is 0 Å². The second-order valence-electron chi connectivity index (χ2n) is 4.81. The van der Waals surface area contributed by atoms with Crippen LogP contribution in [-0.4, -0.2) is 61.7 Å². The number of nitrogens with zero attached hydrogens (tertiary/aromatic N) is 1. The largest absolute Gasteiger partial charge is 0.392 e. The highest BCUT2D eigenvalue weighted by Gasteiger charge is 2.18. The summed E-state index contributed by atoms with van der Waals surface area (Å²) in [5, 5.41) is 9.51. The number of likely N-dealkylation sites (tertiary alicyclic amines) is 1. The first-order chi connectivity index (χ1) is 7.84. The van der Waals surface area contributed by atoms with Crippen molar-refractivity contribution in [2.45, 2.75) is 37.9 Å². The summed E-state index contributed by atoms with van der Waals surface area (Å²) in [6, 6.07) is 0. The molecule has 0 radical (unpaired) electrons. The minimum absolute atomic E-state index is 0.132. The van der Waals surface area contributed by atoms with Crippen LogP contribution in [-0.2, 0) is 9.47 Å². The Morgan fingerprint density at radius 3 is 3.00 bits per heavy atom. The first-order valence-electron chi connectivity index (χ1n) is 6.44. The van der Waals surface area contributed by atoms with Crippen LogP contribution in [0.15, 0.2) is 0 Å². The Labute approximate surface area is 97.5 Å². The first kappa shape index (κ1) is 12.3. The van der Waals surface area contributed by atoms with E-state index >= 15 is 0 Å². The Bertz CT molecular complexity index is 195. The van der Waals surface area contributed by atoms with Crippen molar-refractivity contribution in [3.05, 3.63) is 0 Å². The smallest absolute Gasteiger partial charge is 0.0809 e. The Morgan fingerprint density at radius 2 is 2.25 bits per heavy atom. The van der Waals surface area contributed by atoms with Gasteiger partial charge in [0, 0.05) is 19.7 Å². The van der Waals surface area contributed by atoms with Crippen molar-refractivity contribution in [3.8, 4) is 0 Å². The maximum Gasteiger partial charge on any atom is 0.0809 e. The van der Waals surface area contributed by atoms with Crippen LogP contribution in [0.25, 0.3) is 0 Å². The molecule has 0 aliphatic carbocycles. The van der Waals surface area contributed by atoms with Gasteiger partial charge in [0.1, 0.15) is 0 Å². The Morgan fingerprint density at radius 1 is 1.31 bits per heavy atom. The summed E-state index contributed by atoms with van der Waals surface area (Å²) in [6.07, 6.45) is 4.56. The zero-order valence-electron chi connectivity index (χ0n) is 9.94. The zero-order valence-corrected chi connectivity index (χ0v) is 9.94. The fraction of sp³-hybridized carbons (Fsp3) is 1.00. The predicted octanol–water partition coefficient (Wildman–Crippen LogP) is 0.639. The van der Waals surface area contributed by atoms with Crippen LogP contribution in [0, 0.1) is 0 Å². The molecule has 16 heavy (non-hydrogen) atoms. The summed E-state index contributed by atoms with van der Waals surface area (Å²) in [5.74, 6) is 0. The standard InChI is InChI=1S/C12H23NO3/c14-11-3-1-5-13(9-11)6-8-15-10-12-4-2-7-16-12/h11-12,14H,1-10H2. The molecular weight excluding hydrogens is 206 g/mol. The number of rotatable bonds is 5. The number of aliphatic hydroxyl groups is 1. The number of hydrogen-bond donors (Lipinski definition) is 1. The zero-order chi connectivity index (χ0) is 11.2. The van der Waals surface area contributed by atoms with E-state index in [2.05, 4.69) is 4.90 Å². The van der Waals surface area contributed by atoms with Gasteiger partial charge in [-0.15, -0.1) is 0 Å². The van der Waals surface area contributed by atoms with Gasteiger partial charge in [0.2, 0.25) is 0 Å². The average Bonchev–Trinajstić information content (AvgIpc) is 2.77. The lowest BCUT2D eigenvalue weighted by Gasteiger charge is -2.29. The molecule has 0 amide bonds. The topological polar surface area (TPSA) is 41.9 Å². The lowest BCUT2D eigenvalue weighted by atomic mass is 10.1. The Kier molecular flexibility index (Phi) is 5.03. The first-order valence-corrected chi connectivity index (χ1v) is 6.44. The second-order valence-corrected chi connectivity index (χ2v) is 4.81. The van der Waals surface area contributed by atoms with E-state index < -0.39 is 0 Å². The van der Waals surface area contributed by atoms with Gasteiger partial charge in [-0.2, -0.15) is 0 Å². The van der Waals surface area contributed by atoms with E-state index in [4.69, 9.17) is 9.47 Å². The van der Waals surface area contributed by atoms with Crippen molar-refractivity contribution in [1.82, 2.24) is 4.90 Å². The number of piperidine rings is 1. The third-order valence-electron chi connectivity index (χ3n) is 3.36. The van der Waals surface area contributed by atoms with Gasteiger partial charge < -0.3 is 14.6 Å². The van der Waals surface area contributed by atoms with Crippen molar-refractivity contribution < 1.29 is 14.6 Å². The fourth-order valence-corrected chi connectivity index (χ4v) is 2.42. The molecule has 0 saturated carbocycles. The molecule has 2 atom stereocenters. The minimum Gasteiger partial charge on any atom is -0.392 e. The third kappa shape index (κ3) is 4.01. The quantitative estimate of drug-likeness (QED) is 0.702. The van der Waals surface area contributed by atoms with Crippen molar-refractivity contribution >= 4 is 0 Å². The van der Waals surface area contributed by atoms with Gasteiger partial charge in [-0.25, -0.2) is 0 Å². The molecule has 4 heteroatoms. The van der Waals surface area contributed by atoms with E-state index in [1.165, 1.54) is 6.42 Å². The lowest BCUT2D eigenvalue weighted by Crippen LogP contribution is -2.40. The van der Waals surface area contributed by atoms with Crippen molar-refractivity contribution in [1.29, 1.82) is 0 Å². The average molecular weight is 229 g/mol. The van der Waals surface area contributed by atoms with Gasteiger partial charge in [0.15, 0.2) is 0 Å². The summed E-state index contributed by atoms with van der Waals surface area (Å²) in [4.78, 5) is 2.28. The molecular formula is C12H23NO3. The van der Waals surface area contributed by atoms with Crippen LogP contribution in [0.2, 0.25) is 0 Å². The van der Waals surface area contributed by atoms with Crippen LogP contribution in [0.1, 0.15) is 25.7 Å². The molecule has 1 N–H and O–H groups in total. The Balaban J connectivity index is 1.50. The van der Waals surface area contributed by atoms with Crippen LogP contribution >= 0.6 is 0 Å². The normalized spacial score (nSPS) is 32.1. The van der Waals surface area contributed by atoms with Crippen LogP contribution in [0.4, 0.5) is 0 Å². The highest BCUT2D eigenvalue weighted by atomic mass is 16.5. The number of β-amino-alcohol motifs (C(OH)–C–C–N with tert-alkyl or cyclic N) is 1. The van der Waals surface area contributed by atoms with E-state index in [0.717, 1.165) is 58.7 Å². The molecule has 2 fully saturated rings. The van der Waals surface area contributed by atoms with Gasteiger partial charge in [-0.05, 0) is 32.2 Å². The van der Waals surface area contributed by atoms with Gasteiger partial charge >= 0.3 is 0 Å². The van der Waals surface area contributed by atoms with Crippen LogP contribution in [0.5, 0.6) is 0 Å². The van der Waals surface area contributed by atoms with E-state index in [0.29, 0.717) is 6.10 Å².